The van der Waals surface area contributed by atoms with Crippen molar-refractivity contribution in [1.29, 1.82) is 0 Å². The van der Waals surface area contributed by atoms with Crippen molar-refractivity contribution in [3.05, 3.63) is 71.6 Å². The minimum atomic E-state index is -4.47. The predicted octanol–water partition coefficient (Wildman–Crippen LogP) is 8.60. The number of imidazole rings is 2. The molecule has 6 aromatic rings. The van der Waals surface area contributed by atoms with Gasteiger partial charge in [-0.05, 0) is 154 Å². The number of aromatic amines is 2. The summed E-state index contributed by atoms with van der Waals surface area (Å²) in [6.07, 6.45) is 7.63. The smallest absolute Gasteiger partial charge is 0.338 e. The Morgan fingerprint density at radius 1 is 0.661 bits per heavy atom. The molecule has 2 aliphatic rings. The molecular weight excluding hydrogens is 761 g/mol. The zero-order valence-corrected chi connectivity index (χ0v) is 34.2. The van der Waals surface area contributed by atoms with Crippen molar-refractivity contribution in [1.82, 2.24) is 49.7 Å². The Kier molecular flexibility index (Phi) is 11.8. The van der Waals surface area contributed by atoms with Gasteiger partial charge >= 0.3 is 6.18 Å². The van der Waals surface area contributed by atoms with Gasteiger partial charge in [-0.15, -0.1) is 0 Å². The molecule has 0 unspecified atom stereocenters. The Labute approximate surface area is 341 Å². The van der Waals surface area contributed by atoms with Gasteiger partial charge in [0.2, 0.25) is 11.9 Å². The normalized spacial score (nSPS) is 16.4. The van der Waals surface area contributed by atoms with E-state index >= 15 is 0 Å². The second-order valence-corrected chi connectivity index (χ2v) is 16.4. The van der Waals surface area contributed by atoms with E-state index in [1.165, 1.54) is 43.9 Å². The number of aromatic nitrogens is 8. The summed E-state index contributed by atoms with van der Waals surface area (Å²) >= 11 is 0. The van der Waals surface area contributed by atoms with E-state index in [-0.39, 0.29) is 11.3 Å². The number of hydrazine groups is 1. The molecule has 312 valence electrons. The van der Waals surface area contributed by atoms with E-state index in [1.807, 2.05) is 13.8 Å². The summed E-state index contributed by atoms with van der Waals surface area (Å²) in [5, 5.41) is 4.22. The summed E-state index contributed by atoms with van der Waals surface area (Å²) in [5.74, 6) is 2.89. The molecule has 4 aromatic heterocycles. The highest BCUT2D eigenvalue weighted by molar-refractivity contribution is 5.81. The fraction of sp³-hybridized carbons (Fsp3) is 0.488. The number of alkyl halides is 3. The van der Waals surface area contributed by atoms with Gasteiger partial charge in [0.15, 0.2) is 0 Å². The van der Waals surface area contributed by atoms with Crippen LogP contribution in [0.4, 0.5) is 29.5 Å². The third-order valence-corrected chi connectivity index (χ3v) is 12.1. The molecule has 59 heavy (non-hydrogen) atoms. The summed E-state index contributed by atoms with van der Waals surface area (Å²) in [5.41, 5.74) is 3.88. The summed E-state index contributed by atoms with van der Waals surface area (Å²) in [4.78, 5) is 40.3. The number of benzene rings is 2. The van der Waals surface area contributed by atoms with Crippen LogP contribution in [0.1, 0.15) is 68.3 Å². The van der Waals surface area contributed by atoms with E-state index in [9.17, 15) is 17.6 Å². The third kappa shape index (κ3) is 9.33. The molecule has 0 aliphatic carbocycles. The number of hydrogen-bond acceptors (Lipinski definition) is 10. The highest BCUT2D eigenvalue weighted by Crippen LogP contribution is 2.33. The quantitative estimate of drug-likeness (QED) is 0.0867. The Morgan fingerprint density at radius 2 is 1.12 bits per heavy atom. The Bertz CT molecular complexity index is 2380. The molecule has 2 aromatic carbocycles. The van der Waals surface area contributed by atoms with Gasteiger partial charge in [-0.3, -0.25) is 0 Å². The average molecular weight is 813 g/mol. The number of hydrogen-bond donors (Lipinski definition) is 2. The second-order valence-electron chi connectivity index (χ2n) is 16.4. The topological polar surface area (TPSA) is 122 Å². The lowest BCUT2D eigenvalue weighted by Crippen LogP contribution is -2.47. The van der Waals surface area contributed by atoms with Crippen molar-refractivity contribution in [2.24, 2.45) is 11.8 Å². The van der Waals surface area contributed by atoms with Crippen LogP contribution in [0.15, 0.2) is 48.8 Å². The van der Waals surface area contributed by atoms with E-state index < -0.39 is 11.7 Å². The highest BCUT2D eigenvalue weighted by Gasteiger charge is 2.31. The molecule has 8 rings (SSSR count). The van der Waals surface area contributed by atoms with Crippen LogP contribution in [0.2, 0.25) is 0 Å². The highest BCUT2D eigenvalue weighted by atomic mass is 19.4. The van der Waals surface area contributed by atoms with Gasteiger partial charge < -0.3 is 19.8 Å². The standard InChI is InChI=1S/C43H52F4N12/c1-27-33(39-52-35-11-9-31(43(45,46)47)23-37(35)54-39)25-48-41(50-27)58(17-5-7-29-13-19-56(3)20-14-29)59(18-6-8-30-15-21-57(4)22-16-30)42-49-26-34(28(2)51-42)40-53-36-12-10-32(44)24-38(36)55-40/h9-12,23-26,29-30H,5-8,13-22H2,1-4H3,(H,52,54)(H,53,55). The maximum absolute atomic E-state index is 14.0. The monoisotopic (exact) mass is 812 g/mol. The SMILES string of the molecule is Cc1nc(N(CCCC2CCN(C)CC2)N(CCCC2CCN(C)CC2)c2ncc(-c3nc4ccc(C(F)(F)F)cc4[nH]3)c(C)n2)ncc1-c1nc2ccc(F)cc2[nH]1. The van der Waals surface area contributed by atoms with E-state index in [0.717, 1.165) is 69.6 Å². The molecule has 0 bridgehead atoms. The molecule has 6 heterocycles. The molecule has 0 radical (unpaired) electrons. The van der Waals surface area contributed by atoms with Gasteiger partial charge in [-0.25, -0.2) is 44.3 Å². The fourth-order valence-corrected chi connectivity index (χ4v) is 8.46. The number of fused-ring (bicyclic) bond motifs is 2. The van der Waals surface area contributed by atoms with Gasteiger partial charge in [0.25, 0.3) is 0 Å². The Morgan fingerprint density at radius 3 is 1.58 bits per heavy atom. The first-order valence-corrected chi connectivity index (χ1v) is 20.7. The first-order chi connectivity index (χ1) is 28.4. The minimum Gasteiger partial charge on any atom is -0.338 e. The number of nitrogens with zero attached hydrogens (tertiary/aromatic N) is 10. The maximum Gasteiger partial charge on any atom is 0.416 e. The van der Waals surface area contributed by atoms with Gasteiger partial charge in [0, 0.05) is 25.5 Å². The zero-order chi connectivity index (χ0) is 41.3. The molecule has 0 amide bonds. The number of aryl methyl sites for hydroxylation is 2. The molecule has 2 N–H and O–H groups in total. The largest absolute Gasteiger partial charge is 0.416 e. The number of H-pyrrole nitrogens is 2. The van der Waals surface area contributed by atoms with Crippen molar-refractivity contribution in [2.75, 3.05) is 63.4 Å². The third-order valence-electron chi connectivity index (χ3n) is 12.1. The Hall–Kier alpha value is -5.22. The van der Waals surface area contributed by atoms with Crippen LogP contribution in [0.3, 0.4) is 0 Å². The minimum absolute atomic E-state index is 0.287. The second kappa shape index (κ2) is 17.2. The molecular formula is C43H52F4N12. The molecule has 2 aliphatic heterocycles. The van der Waals surface area contributed by atoms with Crippen LogP contribution in [0, 0.1) is 31.5 Å². The first kappa shape index (κ1) is 40.6. The number of rotatable bonds is 13. The lowest BCUT2D eigenvalue weighted by molar-refractivity contribution is -0.137. The van der Waals surface area contributed by atoms with E-state index in [1.54, 1.807) is 18.5 Å². The van der Waals surface area contributed by atoms with Gasteiger partial charge in [0.1, 0.15) is 17.5 Å². The van der Waals surface area contributed by atoms with E-state index in [4.69, 9.17) is 24.9 Å². The summed E-state index contributed by atoms with van der Waals surface area (Å²) < 4.78 is 54.5. The molecule has 2 fully saturated rings. The van der Waals surface area contributed by atoms with Crippen LogP contribution in [-0.2, 0) is 6.18 Å². The predicted molar refractivity (Wildman–Crippen MR) is 222 cm³/mol. The zero-order valence-electron chi connectivity index (χ0n) is 34.2. The van der Waals surface area contributed by atoms with Crippen molar-refractivity contribution < 1.29 is 17.6 Å². The average Bonchev–Trinajstić information content (AvgIpc) is 3.83. The molecule has 2 saturated heterocycles. The van der Waals surface area contributed by atoms with Crippen molar-refractivity contribution in [3.8, 4) is 22.8 Å². The first-order valence-electron chi connectivity index (χ1n) is 20.7. The van der Waals surface area contributed by atoms with Crippen LogP contribution >= 0.6 is 0 Å². The maximum atomic E-state index is 14.0. The number of nitrogens with one attached hydrogen (secondary N) is 2. The molecule has 0 saturated carbocycles. The van der Waals surface area contributed by atoms with Gasteiger partial charge in [-0.2, -0.15) is 13.2 Å². The lowest BCUT2D eigenvalue weighted by Gasteiger charge is -2.36. The van der Waals surface area contributed by atoms with Crippen molar-refractivity contribution >= 4 is 34.0 Å². The van der Waals surface area contributed by atoms with Crippen LogP contribution in [0.5, 0.6) is 0 Å². The van der Waals surface area contributed by atoms with Gasteiger partial charge in [0.05, 0.1) is 50.1 Å². The number of piperidine rings is 2. The van der Waals surface area contributed by atoms with Crippen LogP contribution in [0.25, 0.3) is 44.8 Å². The van der Waals surface area contributed by atoms with E-state index in [2.05, 4.69) is 48.9 Å². The summed E-state index contributed by atoms with van der Waals surface area (Å²) in [6.45, 7) is 9.45. The number of likely N-dealkylation sites (tertiary alicyclic amines) is 2. The van der Waals surface area contributed by atoms with E-state index in [0.29, 0.717) is 82.0 Å². The molecule has 0 atom stereocenters. The van der Waals surface area contributed by atoms with Crippen LogP contribution < -0.4 is 10.0 Å². The summed E-state index contributed by atoms with van der Waals surface area (Å²) in [6, 6.07) is 7.96. The van der Waals surface area contributed by atoms with Gasteiger partial charge in [-0.1, -0.05) is 0 Å². The molecule has 16 heteroatoms. The lowest BCUT2D eigenvalue weighted by atomic mass is 9.92. The number of anilines is 2. The molecule has 0 spiro atoms. The Balaban J connectivity index is 1.13. The van der Waals surface area contributed by atoms with Crippen molar-refractivity contribution in [2.45, 2.75) is 71.4 Å². The summed E-state index contributed by atoms with van der Waals surface area (Å²) in [7, 11) is 4.36. The number of halogens is 4. The van der Waals surface area contributed by atoms with Crippen molar-refractivity contribution in [3.63, 3.8) is 0 Å². The van der Waals surface area contributed by atoms with Crippen LogP contribution in [-0.4, -0.2) is 103 Å². The fourth-order valence-electron chi connectivity index (χ4n) is 8.46. The molecule has 12 nitrogen and oxygen atoms in total.